The average Bonchev–Trinajstić information content (AvgIpc) is 1.98. The van der Waals surface area contributed by atoms with E-state index in [0.29, 0.717) is 13.2 Å². The lowest BCUT2D eigenvalue weighted by Crippen LogP contribution is -2.38. The van der Waals surface area contributed by atoms with E-state index in [0.717, 1.165) is 19.4 Å². The average molecular weight is 175 g/mol. The zero-order valence-electron chi connectivity index (χ0n) is 8.39. The number of aliphatic hydroxyl groups is 1. The van der Waals surface area contributed by atoms with Crippen molar-refractivity contribution in [3.8, 4) is 0 Å². The van der Waals surface area contributed by atoms with E-state index < -0.39 is 5.60 Å². The highest BCUT2D eigenvalue weighted by molar-refractivity contribution is 4.74. The van der Waals surface area contributed by atoms with Crippen LogP contribution in [0.15, 0.2) is 0 Å². The molecule has 0 radical (unpaired) electrons. The Morgan fingerprint density at radius 3 is 2.67 bits per heavy atom. The Morgan fingerprint density at radius 2 is 2.17 bits per heavy atom. The third-order valence-electron chi connectivity index (χ3n) is 1.78. The van der Waals surface area contributed by atoms with Gasteiger partial charge in [-0.3, -0.25) is 0 Å². The zero-order chi connectivity index (χ0) is 9.45. The van der Waals surface area contributed by atoms with Crippen LogP contribution in [0.4, 0.5) is 0 Å². The molecule has 1 unspecified atom stereocenters. The first kappa shape index (κ1) is 11.9. The molecule has 1 atom stereocenters. The first-order chi connectivity index (χ1) is 5.62. The van der Waals surface area contributed by atoms with Crippen molar-refractivity contribution in [1.82, 2.24) is 5.32 Å². The fourth-order valence-electron chi connectivity index (χ4n) is 1.16. The number of ether oxygens (including phenoxy) is 1. The molecular weight excluding hydrogens is 154 g/mol. The van der Waals surface area contributed by atoms with E-state index in [2.05, 4.69) is 12.2 Å². The summed E-state index contributed by atoms with van der Waals surface area (Å²) in [6.45, 7) is 6.07. The van der Waals surface area contributed by atoms with Gasteiger partial charge in [0.1, 0.15) is 0 Å². The summed E-state index contributed by atoms with van der Waals surface area (Å²) in [5, 5.41) is 12.8. The van der Waals surface area contributed by atoms with Gasteiger partial charge in [0, 0.05) is 20.2 Å². The maximum absolute atomic E-state index is 9.71. The molecule has 74 valence electrons. The second-order valence-corrected chi connectivity index (χ2v) is 3.42. The van der Waals surface area contributed by atoms with E-state index in [1.54, 1.807) is 7.11 Å². The summed E-state index contributed by atoms with van der Waals surface area (Å²) < 4.78 is 4.87. The van der Waals surface area contributed by atoms with Crippen LogP contribution in [0.5, 0.6) is 0 Å². The lowest BCUT2D eigenvalue weighted by Gasteiger charge is -2.22. The van der Waals surface area contributed by atoms with Crippen LogP contribution in [0.1, 0.15) is 26.7 Å². The molecule has 0 fully saturated rings. The molecular formula is C9H21NO2. The molecule has 0 saturated carbocycles. The Hall–Kier alpha value is -0.120. The SMILES string of the molecule is CCCC(C)(O)CNCCOC. The normalized spacial score (nSPS) is 16.0. The van der Waals surface area contributed by atoms with Gasteiger partial charge in [0.15, 0.2) is 0 Å². The zero-order valence-corrected chi connectivity index (χ0v) is 8.39. The quantitative estimate of drug-likeness (QED) is 0.562. The van der Waals surface area contributed by atoms with Gasteiger partial charge in [-0.2, -0.15) is 0 Å². The molecule has 2 N–H and O–H groups in total. The molecule has 0 aromatic rings. The first-order valence-corrected chi connectivity index (χ1v) is 4.54. The minimum Gasteiger partial charge on any atom is -0.389 e. The van der Waals surface area contributed by atoms with Crippen LogP contribution in [0, 0.1) is 0 Å². The van der Waals surface area contributed by atoms with E-state index in [4.69, 9.17) is 4.74 Å². The third-order valence-corrected chi connectivity index (χ3v) is 1.78. The van der Waals surface area contributed by atoms with Crippen molar-refractivity contribution in [2.45, 2.75) is 32.3 Å². The monoisotopic (exact) mass is 175 g/mol. The van der Waals surface area contributed by atoms with E-state index >= 15 is 0 Å². The molecule has 0 aromatic carbocycles. The predicted octanol–water partition coefficient (Wildman–Crippen LogP) is 0.773. The summed E-state index contributed by atoms with van der Waals surface area (Å²) in [6, 6.07) is 0. The summed E-state index contributed by atoms with van der Waals surface area (Å²) >= 11 is 0. The molecule has 0 heterocycles. The van der Waals surface area contributed by atoms with E-state index in [1.807, 2.05) is 6.92 Å². The second kappa shape index (κ2) is 6.40. The Bertz CT molecular complexity index is 105. The third kappa shape index (κ3) is 6.58. The van der Waals surface area contributed by atoms with Crippen molar-refractivity contribution >= 4 is 0 Å². The topological polar surface area (TPSA) is 41.5 Å². The Morgan fingerprint density at radius 1 is 1.50 bits per heavy atom. The maximum atomic E-state index is 9.71. The molecule has 0 aromatic heterocycles. The van der Waals surface area contributed by atoms with Crippen LogP contribution in [0.25, 0.3) is 0 Å². The molecule has 0 amide bonds. The van der Waals surface area contributed by atoms with Gasteiger partial charge in [-0.1, -0.05) is 13.3 Å². The van der Waals surface area contributed by atoms with E-state index in [1.165, 1.54) is 0 Å². The largest absolute Gasteiger partial charge is 0.389 e. The second-order valence-electron chi connectivity index (χ2n) is 3.42. The predicted molar refractivity (Wildman–Crippen MR) is 50.3 cm³/mol. The fourth-order valence-corrected chi connectivity index (χ4v) is 1.16. The molecule has 3 nitrogen and oxygen atoms in total. The summed E-state index contributed by atoms with van der Waals surface area (Å²) in [5.74, 6) is 0. The van der Waals surface area contributed by atoms with Crippen molar-refractivity contribution < 1.29 is 9.84 Å². The number of hydrogen-bond donors (Lipinski definition) is 2. The molecule has 0 aliphatic carbocycles. The Kier molecular flexibility index (Phi) is 6.34. The molecule has 3 heteroatoms. The van der Waals surface area contributed by atoms with Gasteiger partial charge in [0.25, 0.3) is 0 Å². The summed E-state index contributed by atoms with van der Waals surface area (Å²) in [6.07, 6.45) is 1.85. The van der Waals surface area contributed by atoms with Gasteiger partial charge in [-0.05, 0) is 13.3 Å². The summed E-state index contributed by atoms with van der Waals surface area (Å²) in [4.78, 5) is 0. The highest BCUT2D eigenvalue weighted by atomic mass is 16.5. The van der Waals surface area contributed by atoms with Crippen LogP contribution in [-0.2, 0) is 4.74 Å². The summed E-state index contributed by atoms with van der Waals surface area (Å²) in [7, 11) is 1.67. The molecule has 0 spiro atoms. The Labute approximate surface area is 75.1 Å². The molecule has 0 saturated heterocycles. The van der Waals surface area contributed by atoms with Crippen molar-refractivity contribution in [3.05, 3.63) is 0 Å². The van der Waals surface area contributed by atoms with Crippen LogP contribution < -0.4 is 5.32 Å². The fraction of sp³-hybridized carbons (Fsp3) is 1.00. The minimum atomic E-state index is -0.567. The molecule has 0 rings (SSSR count). The van der Waals surface area contributed by atoms with Gasteiger partial charge in [0.05, 0.1) is 12.2 Å². The minimum absolute atomic E-state index is 0.567. The molecule has 0 bridgehead atoms. The van der Waals surface area contributed by atoms with Crippen molar-refractivity contribution in [2.75, 3.05) is 26.8 Å². The van der Waals surface area contributed by atoms with Crippen LogP contribution in [0.3, 0.4) is 0 Å². The molecule has 0 aliphatic heterocycles. The standard InChI is InChI=1S/C9H21NO2/c1-4-5-9(2,11)8-10-6-7-12-3/h10-11H,4-8H2,1-3H3. The smallest absolute Gasteiger partial charge is 0.0743 e. The Balaban J connectivity index is 3.33. The van der Waals surface area contributed by atoms with Gasteiger partial charge >= 0.3 is 0 Å². The summed E-state index contributed by atoms with van der Waals surface area (Å²) in [5.41, 5.74) is -0.567. The van der Waals surface area contributed by atoms with Crippen LogP contribution in [-0.4, -0.2) is 37.5 Å². The molecule has 0 aliphatic rings. The first-order valence-electron chi connectivity index (χ1n) is 4.54. The number of hydrogen-bond acceptors (Lipinski definition) is 3. The van der Waals surface area contributed by atoms with Gasteiger partial charge in [0.2, 0.25) is 0 Å². The van der Waals surface area contributed by atoms with Crippen molar-refractivity contribution in [3.63, 3.8) is 0 Å². The lowest BCUT2D eigenvalue weighted by atomic mass is 10.0. The van der Waals surface area contributed by atoms with Gasteiger partial charge < -0.3 is 15.2 Å². The molecule has 12 heavy (non-hydrogen) atoms. The van der Waals surface area contributed by atoms with E-state index in [9.17, 15) is 5.11 Å². The highest BCUT2D eigenvalue weighted by Crippen LogP contribution is 2.09. The van der Waals surface area contributed by atoms with Crippen molar-refractivity contribution in [2.24, 2.45) is 0 Å². The lowest BCUT2D eigenvalue weighted by molar-refractivity contribution is 0.0483. The van der Waals surface area contributed by atoms with Crippen molar-refractivity contribution in [1.29, 1.82) is 0 Å². The number of nitrogens with one attached hydrogen (secondary N) is 1. The number of rotatable bonds is 7. The van der Waals surface area contributed by atoms with Crippen LogP contribution >= 0.6 is 0 Å². The van der Waals surface area contributed by atoms with E-state index in [-0.39, 0.29) is 0 Å². The maximum Gasteiger partial charge on any atom is 0.0743 e. The van der Waals surface area contributed by atoms with Crippen LogP contribution in [0.2, 0.25) is 0 Å². The number of methoxy groups -OCH3 is 1. The van der Waals surface area contributed by atoms with Gasteiger partial charge in [-0.25, -0.2) is 0 Å². The highest BCUT2D eigenvalue weighted by Gasteiger charge is 2.17. The van der Waals surface area contributed by atoms with Gasteiger partial charge in [-0.15, -0.1) is 0 Å².